The van der Waals surface area contributed by atoms with E-state index in [-0.39, 0.29) is 6.03 Å². The van der Waals surface area contributed by atoms with Gasteiger partial charge >= 0.3 is 6.03 Å². The van der Waals surface area contributed by atoms with E-state index in [1.807, 2.05) is 0 Å². The predicted octanol–water partition coefficient (Wildman–Crippen LogP) is 0.0477. The number of nitrogens with zero attached hydrogens (tertiary/aromatic N) is 1. The lowest BCUT2D eigenvalue weighted by molar-refractivity contribution is 0.224. The summed E-state index contributed by atoms with van der Waals surface area (Å²) >= 11 is 0. The zero-order chi connectivity index (χ0) is 5.86. The second-order valence-electron chi connectivity index (χ2n) is 1.34. The van der Waals surface area contributed by atoms with Gasteiger partial charge in [0.15, 0.2) is 0 Å². The highest BCUT2D eigenvalue weighted by atomic mass is 31.0. The SMILES string of the molecule is CN(C)C(=O)NP. The van der Waals surface area contributed by atoms with Gasteiger partial charge in [-0.25, -0.2) is 4.79 Å². The summed E-state index contributed by atoms with van der Waals surface area (Å²) in [5, 5.41) is 2.37. The smallest absolute Gasteiger partial charge is 0.319 e. The molecule has 0 radical (unpaired) electrons. The summed E-state index contributed by atoms with van der Waals surface area (Å²) < 4.78 is 0. The highest BCUT2D eigenvalue weighted by Crippen LogP contribution is 1.77. The number of carbonyl (C=O) groups excluding carboxylic acids is 1. The summed E-state index contributed by atoms with van der Waals surface area (Å²) in [4.78, 5) is 11.8. The molecule has 0 aromatic carbocycles. The van der Waals surface area contributed by atoms with E-state index in [0.29, 0.717) is 0 Å². The summed E-state index contributed by atoms with van der Waals surface area (Å²) in [5.41, 5.74) is 0. The normalized spacial score (nSPS) is 7.86. The molecule has 0 saturated carbocycles. The minimum atomic E-state index is -0.106. The monoisotopic (exact) mass is 120 g/mol. The van der Waals surface area contributed by atoms with Crippen molar-refractivity contribution in [3.05, 3.63) is 0 Å². The Morgan fingerprint density at radius 2 is 2.14 bits per heavy atom. The highest BCUT2D eigenvalue weighted by molar-refractivity contribution is 7.15. The molecule has 0 spiro atoms. The predicted molar refractivity (Wildman–Crippen MR) is 31.9 cm³/mol. The van der Waals surface area contributed by atoms with Crippen molar-refractivity contribution < 1.29 is 4.79 Å². The van der Waals surface area contributed by atoms with E-state index >= 15 is 0 Å². The van der Waals surface area contributed by atoms with Gasteiger partial charge in [-0.1, -0.05) is 0 Å². The molecule has 0 aliphatic rings. The number of amides is 2. The van der Waals surface area contributed by atoms with Crippen LogP contribution in [0.5, 0.6) is 0 Å². The molecule has 4 heteroatoms. The van der Waals surface area contributed by atoms with Gasteiger partial charge in [0.1, 0.15) is 0 Å². The Morgan fingerprint density at radius 3 is 2.14 bits per heavy atom. The molecular weight excluding hydrogens is 111 g/mol. The summed E-state index contributed by atoms with van der Waals surface area (Å²) in [6.45, 7) is 0. The molecule has 7 heavy (non-hydrogen) atoms. The summed E-state index contributed by atoms with van der Waals surface area (Å²) in [6, 6.07) is -0.106. The van der Waals surface area contributed by atoms with E-state index in [4.69, 9.17) is 0 Å². The molecule has 2 amide bonds. The van der Waals surface area contributed by atoms with Crippen molar-refractivity contribution in [1.82, 2.24) is 9.99 Å². The van der Waals surface area contributed by atoms with Gasteiger partial charge in [-0.05, 0) is 9.39 Å². The maximum Gasteiger partial charge on any atom is 0.319 e. The van der Waals surface area contributed by atoms with Crippen molar-refractivity contribution in [3.63, 3.8) is 0 Å². The molecule has 3 nitrogen and oxygen atoms in total. The molecule has 0 heterocycles. The molecule has 0 aliphatic heterocycles. The van der Waals surface area contributed by atoms with Gasteiger partial charge in [0, 0.05) is 14.1 Å². The molecule has 42 valence electrons. The van der Waals surface area contributed by atoms with E-state index in [0.717, 1.165) is 0 Å². The van der Waals surface area contributed by atoms with Crippen LogP contribution in [0.15, 0.2) is 0 Å². The number of nitrogens with one attached hydrogen (secondary N) is 1. The van der Waals surface area contributed by atoms with Gasteiger partial charge in [0.25, 0.3) is 0 Å². The van der Waals surface area contributed by atoms with Crippen LogP contribution in [0.2, 0.25) is 0 Å². The number of hydrogen-bond donors (Lipinski definition) is 1. The fraction of sp³-hybridized carbons (Fsp3) is 0.667. The minimum absolute atomic E-state index is 0.106. The first-order chi connectivity index (χ1) is 3.18. The van der Waals surface area contributed by atoms with E-state index < -0.39 is 0 Å². The molecular formula is C3H9N2OP. The Balaban J connectivity index is 3.35. The van der Waals surface area contributed by atoms with Crippen LogP contribution < -0.4 is 5.09 Å². The zero-order valence-electron chi connectivity index (χ0n) is 4.43. The van der Waals surface area contributed by atoms with Gasteiger partial charge in [-0.15, -0.1) is 0 Å². The molecule has 0 aliphatic carbocycles. The maximum atomic E-state index is 10.3. The first-order valence-corrected chi connectivity index (χ1v) is 2.44. The van der Waals surface area contributed by atoms with E-state index in [1.54, 1.807) is 14.1 Å². The number of urea groups is 1. The average Bonchev–Trinajstić information content (AvgIpc) is 1.65. The van der Waals surface area contributed by atoms with Crippen LogP contribution in [-0.2, 0) is 0 Å². The standard InChI is InChI=1S/C3H9N2OP/c1-5(2)3(6)4-7/h7H2,1-2H3,(H,4,6). The fourth-order valence-corrected chi connectivity index (χ4v) is 0.387. The molecule has 0 aromatic heterocycles. The molecule has 0 fully saturated rings. The summed E-state index contributed by atoms with van der Waals surface area (Å²) in [5.74, 6) is 0. The van der Waals surface area contributed by atoms with Crippen LogP contribution in [-0.4, -0.2) is 25.0 Å². The second-order valence-corrected chi connectivity index (χ2v) is 1.63. The minimum Gasteiger partial charge on any atom is -0.331 e. The summed E-state index contributed by atoms with van der Waals surface area (Å²) in [6.07, 6.45) is 0. The van der Waals surface area contributed by atoms with E-state index in [1.165, 1.54) is 4.90 Å². The van der Waals surface area contributed by atoms with Crippen LogP contribution in [0.1, 0.15) is 0 Å². The second kappa shape index (κ2) is 2.80. The largest absolute Gasteiger partial charge is 0.331 e. The molecule has 1 unspecified atom stereocenters. The Kier molecular flexibility index (Phi) is 2.68. The van der Waals surface area contributed by atoms with Gasteiger partial charge < -0.3 is 9.99 Å². The van der Waals surface area contributed by atoms with Gasteiger partial charge in [-0.3, -0.25) is 0 Å². The Labute approximate surface area is 45.3 Å². The van der Waals surface area contributed by atoms with Gasteiger partial charge in [0.05, 0.1) is 0 Å². The topological polar surface area (TPSA) is 32.3 Å². The number of rotatable bonds is 0. The highest BCUT2D eigenvalue weighted by Gasteiger charge is 1.94. The number of carbonyl (C=O) groups is 1. The fourth-order valence-electron chi connectivity index (χ4n) is 0.129. The van der Waals surface area contributed by atoms with Crippen molar-refractivity contribution in [2.75, 3.05) is 14.1 Å². The van der Waals surface area contributed by atoms with Crippen molar-refractivity contribution >= 4 is 15.4 Å². The molecule has 0 saturated heterocycles. The van der Waals surface area contributed by atoms with Crippen LogP contribution in [0.25, 0.3) is 0 Å². The Morgan fingerprint density at radius 1 is 1.71 bits per heavy atom. The molecule has 0 aromatic rings. The van der Waals surface area contributed by atoms with Crippen molar-refractivity contribution in [2.45, 2.75) is 0 Å². The van der Waals surface area contributed by atoms with Gasteiger partial charge in [-0.2, -0.15) is 0 Å². The Hall–Kier alpha value is -0.300. The van der Waals surface area contributed by atoms with Crippen LogP contribution in [0, 0.1) is 0 Å². The van der Waals surface area contributed by atoms with Crippen LogP contribution in [0.4, 0.5) is 4.79 Å². The number of hydrogen-bond acceptors (Lipinski definition) is 1. The van der Waals surface area contributed by atoms with E-state index in [9.17, 15) is 4.79 Å². The Bertz CT molecular complexity index is 73.3. The third-order valence-electron chi connectivity index (χ3n) is 0.530. The molecule has 1 atom stereocenters. The lowest BCUT2D eigenvalue weighted by Crippen LogP contribution is -2.27. The zero-order valence-corrected chi connectivity index (χ0v) is 5.59. The van der Waals surface area contributed by atoms with Crippen LogP contribution >= 0.6 is 9.39 Å². The third kappa shape index (κ3) is 2.40. The van der Waals surface area contributed by atoms with Crippen LogP contribution in [0.3, 0.4) is 0 Å². The van der Waals surface area contributed by atoms with Gasteiger partial charge in [0.2, 0.25) is 0 Å². The van der Waals surface area contributed by atoms with Crippen molar-refractivity contribution in [1.29, 1.82) is 0 Å². The average molecular weight is 120 g/mol. The third-order valence-corrected chi connectivity index (χ3v) is 0.777. The lowest BCUT2D eigenvalue weighted by Gasteiger charge is -2.06. The quantitative estimate of drug-likeness (QED) is 0.450. The lowest BCUT2D eigenvalue weighted by atomic mass is 10.9. The summed E-state index contributed by atoms with van der Waals surface area (Å²) in [7, 11) is 5.48. The van der Waals surface area contributed by atoms with E-state index in [2.05, 4.69) is 14.5 Å². The molecule has 1 N–H and O–H groups in total. The molecule has 0 bridgehead atoms. The van der Waals surface area contributed by atoms with Crippen molar-refractivity contribution in [2.24, 2.45) is 0 Å². The first-order valence-electron chi connectivity index (χ1n) is 1.86. The molecule has 0 rings (SSSR count). The maximum absolute atomic E-state index is 10.3. The van der Waals surface area contributed by atoms with Crippen molar-refractivity contribution in [3.8, 4) is 0 Å². The first kappa shape index (κ1) is 6.70.